The first-order chi connectivity index (χ1) is 11.1. The summed E-state index contributed by atoms with van der Waals surface area (Å²) in [6.45, 7) is 1.36. The van der Waals surface area contributed by atoms with E-state index in [1.165, 1.54) is 25.6 Å². The molecule has 0 bridgehead atoms. The van der Waals surface area contributed by atoms with E-state index in [0.29, 0.717) is 0 Å². The van der Waals surface area contributed by atoms with Crippen LogP contribution in [0.15, 0.2) is 30.9 Å². The Morgan fingerprint density at radius 3 is 2.62 bits per heavy atom. The molecule has 0 fully saturated rings. The summed E-state index contributed by atoms with van der Waals surface area (Å²) in [5.41, 5.74) is -2.16. The van der Waals surface area contributed by atoms with Gasteiger partial charge >= 0.3 is 6.18 Å². The van der Waals surface area contributed by atoms with Crippen LogP contribution in [0, 0.1) is 6.92 Å². The van der Waals surface area contributed by atoms with Crippen molar-refractivity contribution in [2.45, 2.75) is 25.1 Å². The first-order valence-corrected chi connectivity index (χ1v) is 7.12. The fraction of sp³-hybridized carbons (Fsp3) is 0.400. The summed E-state index contributed by atoms with van der Waals surface area (Å²) >= 11 is 0. The molecule has 1 unspecified atom stereocenters. The number of carbonyl (C=O) groups is 1. The number of imidazole rings is 1. The van der Waals surface area contributed by atoms with Crippen molar-refractivity contribution < 1.29 is 23.1 Å². The third-order valence-corrected chi connectivity index (χ3v) is 3.57. The molecule has 130 valence electrons. The van der Waals surface area contributed by atoms with Crippen LogP contribution >= 0.6 is 0 Å². The molecular formula is C15H17F3N4O2. The van der Waals surface area contributed by atoms with Crippen molar-refractivity contribution in [3.05, 3.63) is 47.8 Å². The van der Waals surface area contributed by atoms with E-state index in [2.05, 4.69) is 15.3 Å². The second-order valence-electron chi connectivity index (χ2n) is 5.48. The van der Waals surface area contributed by atoms with Crippen LogP contribution in [0.2, 0.25) is 0 Å². The van der Waals surface area contributed by atoms with E-state index < -0.39 is 29.9 Å². The van der Waals surface area contributed by atoms with E-state index in [9.17, 15) is 23.1 Å². The Labute approximate surface area is 136 Å². The maximum Gasteiger partial charge on any atom is 0.424 e. The highest BCUT2D eigenvalue weighted by Gasteiger charge is 2.57. The fourth-order valence-corrected chi connectivity index (χ4v) is 2.28. The number of carbonyl (C=O) groups excluding carboxylic acids is 1. The van der Waals surface area contributed by atoms with Crippen molar-refractivity contribution in [3.63, 3.8) is 0 Å². The van der Waals surface area contributed by atoms with Crippen molar-refractivity contribution in [1.82, 2.24) is 19.9 Å². The van der Waals surface area contributed by atoms with Gasteiger partial charge < -0.3 is 15.0 Å². The number of rotatable bonds is 5. The molecule has 0 aromatic carbocycles. The van der Waals surface area contributed by atoms with Gasteiger partial charge in [-0.05, 0) is 18.6 Å². The van der Waals surface area contributed by atoms with Crippen LogP contribution in [0.1, 0.15) is 28.2 Å². The van der Waals surface area contributed by atoms with Crippen LogP contribution in [0.25, 0.3) is 0 Å². The molecule has 1 atom stereocenters. The summed E-state index contributed by atoms with van der Waals surface area (Å²) in [7, 11) is 1.36. The summed E-state index contributed by atoms with van der Waals surface area (Å²) in [5.74, 6) is -1.09. The molecule has 24 heavy (non-hydrogen) atoms. The molecule has 2 rings (SSSR count). The van der Waals surface area contributed by atoms with Gasteiger partial charge in [-0.1, -0.05) is 0 Å². The molecule has 0 aliphatic heterocycles. The van der Waals surface area contributed by atoms with Gasteiger partial charge in [0, 0.05) is 44.8 Å². The molecule has 2 heterocycles. The zero-order valence-electron chi connectivity index (χ0n) is 13.1. The quantitative estimate of drug-likeness (QED) is 0.867. The highest BCUT2D eigenvalue weighted by atomic mass is 19.4. The number of hydrogen-bond acceptors (Lipinski definition) is 4. The molecule has 0 saturated heterocycles. The normalized spacial score (nSPS) is 14.2. The van der Waals surface area contributed by atoms with Gasteiger partial charge in [0.15, 0.2) is 0 Å². The number of hydrogen-bond donors (Lipinski definition) is 2. The minimum Gasteiger partial charge on any atom is -0.374 e. The number of halogens is 3. The van der Waals surface area contributed by atoms with Crippen molar-refractivity contribution >= 4 is 5.91 Å². The number of nitrogens with zero attached hydrogens (tertiary/aromatic N) is 3. The van der Waals surface area contributed by atoms with E-state index in [1.54, 1.807) is 19.2 Å². The summed E-state index contributed by atoms with van der Waals surface area (Å²) in [6.07, 6.45) is -0.336. The first kappa shape index (κ1) is 17.9. The first-order valence-electron chi connectivity index (χ1n) is 7.12. The van der Waals surface area contributed by atoms with Crippen molar-refractivity contribution in [2.24, 2.45) is 7.05 Å². The molecule has 0 radical (unpaired) electrons. The van der Waals surface area contributed by atoms with Gasteiger partial charge in [0.05, 0.1) is 5.56 Å². The topological polar surface area (TPSA) is 80.0 Å². The lowest BCUT2D eigenvalue weighted by Crippen LogP contribution is -2.46. The number of aliphatic hydroxyl groups is 1. The highest BCUT2D eigenvalue weighted by Crippen LogP contribution is 2.40. The molecule has 6 nitrogen and oxygen atoms in total. The Morgan fingerprint density at radius 2 is 2.08 bits per heavy atom. The van der Waals surface area contributed by atoms with Crippen LogP contribution in [-0.4, -0.2) is 38.3 Å². The molecule has 2 N–H and O–H groups in total. The lowest BCUT2D eigenvalue weighted by atomic mass is 9.97. The Hall–Kier alpha value is -2.42. The Morgan fingerprint density at radius 1 is 1.38 bits per heavy atom. The molecule has 0 saturated carbocycles. The van der Waals surface area contributed by atoms with Crippen LogP contribution in [-0.2, 0) is 12.6 Å². The second-order valence-corrected chi connectivity index (χ2v) is 5.48. The monoisotopic (exact) mass is 342 g/mol. The number of amides is 1. The number of alkyl halides is 3. The van der Waals surface area contributed by atoms with Gasteiger partial charge in [0.2, 0.25) is 5.60 Å². The van der Waals surface area contributed by atoms with E-state index >= 15 is 0 Å². The second kappa shape index (κ2) is 6.60. The smallest absolute Gasteiger partial charge is 0.374 e. The van der Waals surface area contributed by atoms with Gasteiger partial charge in [0.1, 0.15) is 5.82 Å². The van der Waals surface area contributed by atoms with E-state index in [1.807, 2.05) is 0 Å². The lowest BCUT2D eigenvalue weighted by Gasteiger charge is -2.29. The predicted molar refractivity (Wildman–Crippen MR) is 79.1 cm³/mol. The van der Waals surface area contributed by atoms with Gasteiger partial charge in [-0.3, -0.25) is 9.78 Å². The number of aromatic nitrogens is 3. The van der Waals surface area contributed by atoms with Crippen LogP contribution < -0.4 is 5.32 Å². The highest BCUT2D eigenvalue weighted by molar-refractivity contribution is 5.93. The maximum atomic E-state index is 13.3. The number of nitrogens with one attached hydrogen (secondary N) is 1. The van der Waals surface area contributed by atoms with Crippen molar-refractivity contribution in [1.29, 1.82) is 0 Å². The predicted octanol–water partition coefficient (Wildman–Crippen LogP) is 1.69. The minimum atomic E-state index is -4.93. The van der Waals surface area contributed by atoms with E-state index in [4.69, 9.17) is 0 Å². The molecular weight excluding hydrogens is 325 g/mol. The average molecular weight is 342 g/mol. The summed E-state index contributed by atoms with van der Waals surface area (Å²) in [5, 5.41) is 12.5. The summed E-state index contributed by atoms with van der Waals surface area (Å²) in [4.78, 5) is 19.4. The third-order valence-electron chi connectivity index (χ3n) is 3.57. The number of pyridine rings is 1. The van der Waals surface area contributed by atoms with Crippen LogP contribution in [0.3, 0.4) is 0 Å². The number of aryl methyl sites for hydroxylation is 2. The molecule has 1 amide bonds. The van der Waals surface area contributed by atoms with E-state index in [-0.39, 0.29) is 12.1 Å². The Bertz CT molecular complexity index is 730. The Kier molecular flexibility index (Phi) is 4.93. The lowest BCUT2D eigenvalue weighted by molar-refractivity contribution is -0.272. The van der Waals surface area contributed by atoms with Gasteiger partial charge in [-0.2, -0.15) is 13.2 Å². The zero-order chi connectivity index (χ0) is 18.0. The molecule has 0 spiro atoms. The summed E-state index contributed by atoms with van der Waals surface area (Å²) in [6, 6.07) is 1.57. The van der Waals surface area contributed by atoms with Crippen molar-refractivity contribution in [2.75, 3.05) is 6.54 Å². The van der Waals surface area contributed by atoms with Gasteiger partial charge in [-0.15, -0.1) is 0 Å². The largest absolute Gasteiger partial charge is 0.424 e. The third kappa shape index (κ3) is 3.56. The Balaban J connectivity index is 2.10. The minimum absolute atomic E-state index is 0.238. The van der Waals surface area contributed by atoms with Gasteiger partial charge in [-0.25, -0.2) is 4.98 Å². The summed E-state index contributed by atoms with van der Waals surface area (Å²) < 4.78 is 41.1. The maximum absolute atomic E-state index is 13.3. The van der Waals surface area contributed by atoms with E-state index in [0.717, 1.165) is 10.1 Å². The van der Waals surface area contributed by atoms with Crippen LogP contribution in [0.5, 0.6) is 0 Å². The van der Waals surface area contributed by atoms with Crippen molar-refractivity contribution in [3.8, 4) is 0 Å². The average Bonchev–Trinajstić information content (AvgIpc) is 2.92. The fourth-order valence-electron chi connectivity index (χ4n) is 2.28. The molecule has 2 aromatic rings. The standard InChI is InChI=1S/C15H17F3N4O2/c1-10-7-11(9-19-8-10)12(23)20-4-3-14(24,15(16,17)18)13-21-5-6-22(13)2/h5-9,24H,3-4H2,1-2H3,(H,20,23). The molecule has 2 aromatic heterocycles. The van der Waals surface area contributed by atoms with Crippen LogP contribution in [0.4, 0.5) is 13.2 Å². The van der Waals surface area contributed by atoms with Gasteiger partial charge in [0.25, 0.3) is 5.91 Å². The molecule has 9 heteroatoms. The molecule has 0 aliphatic rings. The molecule has 0 aliphatic carbocycles. The SMILES string of the molecule is Cc1cncc(C(=O)NCCC(O)(c2nccn2C)C(F)(F)F)c1. The zero-order valence-corrected chi connectivity index (χ0v) is 13.1.